The third kappa shape index (κ3) is 3.60. The Labute approximate surface area is 85.0 Å². The molecule has 0 bridgehead atoms. The molecule has 14 heavy (non-hydrogen) atoms. The molecule has 1 atom stereocenters. The van der Waals surface area contributed by atoms with Gasteiger partial charge in [-0.2, -0.15) is 0 Å². The molecule has 0 aliphatic carbocycles. The summed E-state index contributed by atoms with van der Waals surface area (Å²) in [6.07, 6.45) is 1.16. The van der Waals surface area contributed by atoms with E-state index in [0.717, 1.165) is 6.08 Å². The molecule has 0 fully saturated rings. The maximum absolute atomic E-state index is 11.6. The minimum absolute atomic E-state index is 0.0637. The molecule has 4 heteroatoms. The van der Waals surface area contributed by atoms with Gasteiger partial charge in [-0.3, -0.25) is 9.59 Å². The van der Waals surface area contributed by atoms with Crippen LogP contribution in [0.15, 0.2) is 12.7 Å². The fourth-order valence-corrected chi connectivity index (χ4v) is 1.00. The molecule has 0 aliphatic heterocycles. The van der Waals surface area contributed by atoms with Crippen molar-refractivity contribution in [3.63, 3.8) is 0 Å². The Morgan fingerprint density at radius 3 is 2.14 bits per heavy atom. The molecule has 0 saturated heterocycles. The van der Waals surface area contributed by atoms with Crippen molar-refractivity contribution in [2.75, 3.05) is 14.1 Å². The van der Waals surface area contributed by atoms with Crippen LogP contribution in [-0.4, -0.2) is 36.9 Å². The van der Waals surface area contributed by atoms with Gasteiger partial charge in [0.15, 0.2) is 0 Å². The summed E-state index contributed by atoms with van der Waals surface area (Å²) >= 11 is 0. The number of carbonyl (C=O) groups is 2. The highest BCUT2D eigenvalue weighted by Gasteiger charge is 2.24. The summed E-state index contributed by atoms with van der Waals surface area (Å²) in [5.41, 5.74) is 0. The van der Waals surface area contributed by atoms with Gasteiger partial charge in [-0.25, -0.2) is 0 Å². The smallest absolute Gasteiger partial charge is 0.244 e. The van der Waals surface area contributed by atoms with E-state index in [9.17, 15) is 9.59 Å². The van der Waals surface area contributed by atoms with E-state index in [4.69, 9.17) is 0 Å². The van der Waals surface area contributed by atoms with E-state index in [2.05, 4.69) is 11.9 Å². The van der Waals surface area contributed by atoms with Gasteiger partial charge in [-0.15, -0.1) is 0 Å². The summed E-state index contributed by atoms with van der Waals surface area (Å²) < 4.78 is 0. The van der Waals surface area contributed by atoms with Crippen LogP contribution in [0.3, 0.4) is 0 Å². The highest BCUT2D eigenvalue weighted by molar-refractivity contribution is 5.92. The Balaban J connectivity index is 4.52. The Bertz CT molecular complexity index is 234. The van der Waals surface area contributed by atoms with Gasteiger partial charge in [0.25, 0.3) is 0 Å². The van der Waals surface area contributed by atoms with Gasteiger partial charge < -0.3 is 10.2 Å². The summed E-state index contributed by atoms with van der Waals surface area (Å²) in [6, 6.07) is -0.476. The molecule has 0 aromatic carbocycles. The van der Waals surface area contributed by atoms with Crippen molar-refractivity contribution >= 4 is 11.8 Å². The number of likely N-dealkylation sites (N-methyl/N-ethyl adjacent to an activating group) is 1. The van der Waals surface area contributed by atoms with Crippen molar-refractivity contribution in [2.45, 2.75) is 19.9 Å². The molecule has 0 aromatic heterocycles. The van der Waals surface area contributed by atoms with E-state index < -0.39 is 6.04 Å². The first-order valence-electron chi connectivity index (χ1n) is 4.54. The van der Waals surface area contributed by atoms with Crippen LogP contribution in [0.1, 0.15) is 13.8 Å². The van der Waals surface area contributed by atoms with Crippen molar-refractivity contribution in [1.82, 2.24) is 10.2 Å². The average Bonchev–Trinajstić information content (AvgIpc) is 2.11. The molecule has 0 saturated carbocycles. The van der Waals surface area contributed by atoms with Gasteiger partial charge in [0.1, 0.15) is 6.04 Å². The van der Waals surface area contributed by atoms with E-state index in [1.54, 1.807) is 14.1 Å². The van der Waals surface area contributed by atoms with Crippen LogP contribution in [0.4, 0.5) is 0 Å². The number of amides is 2. The van der Waals surface area contributed by atoms with E-state index in [1.165, 1.54) is 4.90 Å². The summed E-state index contributed by atoms with van der Waals surface area (Å²) in [5, 5.41) is 2.60. The molecule has 0 aliphatic rings. The lowest BCUT2D eigenvalue weighted by atomic mass is 10.0. The lowest BCUT2D eigenvalue weighted by molar-refractivity contribution is -0.134. The molecule has 0 aromatic rings. The first kappa shape index (κ1) is 12.7. The number of nitrogens with zero attached hydrogens (tertiary/aromatic N) is 1. The molecule has 0 radical (unpaired) electrons. The van der Waals surface area contributed by atoms with Crippen LogP contribution in [0, 0.1) is 5.92 Å². The zero-order valence-electron chi connectivity index (χ0n) is 9.20. The van der Waals surface area contributed by atoms with Crippen molar-refractivity contribution in [3.8, 4) is 0 Å². The van der Waals surface area contributed by atoms with Crippen molar-refractivity contribution in [2.24, 2.45) is 5.92 Å². The number of carbonyl (C=O) groups excluding carboxylic acids is 2. The molecule has 0 unspecified atom stereocenters. The fourth-order valence-electron chi connectivity index (χ4n) is 1.00. The normalized spacial score (nSPS) is 12.1. The Kier molecular flexibility index (Phi) is 4.91. The molecule has 80 valence electrons. The zero-order chi connectivity index (χ0) is 11.3. The molecule has 0 spiro atoms. The molecule has 0 rings (SSSR count). The van der Waals surface area contributed by atoms with Crippen molar-refractivity contribution in [1.29, 1.82) is 0 Å². The molecule has 2 amide bonds. The van der Waals surface area contributed by atoms with Gasteiger partial charge in [-0.1, -0.05) is 20.4 Å². The minimum atomic E-state index is -0.476. The molecule has 4 nitrogen and oxygen atoms in total. The monoisotopic (exact) mass is 198 g/mol. The summed E-state index contributed by atoms with van der Waals surface area (Å²) in [4.78, 5) is 24.1. The molecule has 0 heterocycles. The number of rotatable bonds is 4. The van der Waals surface area contributed by atoms with Crippen molar-refractivity contribution in [3.05, 3.63) is 12.7 Å². The van der Waals surface area contributed by atoms with Crippen molar-refractivity contribution < 1.29 is 9.59 Å². The van der Waals surface area contributed by atoms with E-state index in [0.29, 0.717) is 0 Å². The van der Waals surface area contributed by atoms with Crippen LogP contribution in [0.25, 0.3) is 0 Å². The summed E-state index contributed by atoms with van der Waals surface area (Å²) in [5.74, 6) is -0.358. The van der Waals surface area contributed by atoms with E-state index in [1.807, 2.05) is 13.8 Å². The number of nitrogens with one attached hydrogen (secondary N) is 1. The third-order valence-corrected chi connectivity index (χ3v) is 1.86. The van der Waals surface area contributed by atoms with Crippen LogP contribution < -0.4 is 5.32 Å². The fraction of sp³-hybridized carbons (Fsp3) is 0.600. The van der Waals surface area contributed by atoms with Gasteiger partial charge in [0, 0.05) is 14.1 Å². The van der Waals surface area contributed by atoms with Gasteiger partial charge in [0.2, 0.25) is 11.8 Å². The second kappa shape index (κ2) is 5.42. The molecular weight excluding hydrogens is 180 g/mol. The SMILES string of the molecule is C=CC(=O)N[C@H](C(=O)N(C)C)C(C)C. The predicted octanol–water partition coefficient (Wildman–Crippen LogP) is 0.401. The standard InChI is InChI=1S/C10H18N2O2/c1-6-8(13)11-9(7(2)3)10(14)12(4)5/h6-7,9H,1H2,2-5H3,(H,11,13)/t9-/m0/s1. The summed E-state index contributed by atoms with van der Waals surface area (Å²) in [7, 11) is 3.33. The first-order chi connectivity index (χ1) is 6.40. The Morgan fingerprint density at radius 1 is 1.36 bits per heavy atom. The maximum atomic E-state index is 11.6. The minimum Gasteiger partial charge on any atom is -0.347 e. The highest BCUT2D eigenvalue weighted by atomic mass is 16.2. The molecular formula is C10H18N2O2. The largest absolute Gasteiger partial charge is 0.347 e. The highest BCUT2D eigenvalue weighted by Crippen LogP contribution is 2.04. The zero-order valence-corrected chi connectivity index (χ0v) is 9.20. The lowest BCUT2D eigenvalue weighted by Crippen LogP contribution is -2.48. The number of hydrogen-bond acceptors (Lipinski definition) is 2. The van der Waals surface area contributed by atoms with Crippen LogP contribution >= 0.6 is 0 Å². The number of hydrogen-bond donors (Lipinski definition) is 1. The van der Waals surface area contributed by atoms with E-state index >= 15 is 0 Å². The molecule has 1 N–H and O–H groups in total. The van der Waals surface area contributed by atoms with Gasteiger partial charge in [-0.05, 0) is 12.0 Å². The average molecular weight is 198 g/mol. The van der Waals surface area contributed by atoms with Crippen LogP contribution in [0.5, 0.6) is 0 Å². The van der Waals surface area contributed by atoms with E-state index in [-0.39, 0.29) is 17.7 Å². The summed E-state index contributed by atoms with van der Waals surface area (Å²) in [6.45, 7) is 7.11. The van der Waals surface area contributed by atoms with Gasteiger partial charge in [0.05, 0.1) is 0 Å². The Hall–Kier alpha value is -1.32. The van der Waals surface area contributed by atoms with Gasteiger partial charge >= 0.3 is 0 Å². The lowest BCUT2D eigenvalue weighted by Gasteiger charge is -2.23. The predicted molar refractivity (Wildman–Crippen MR) is 55.7 cm³/mol. The Morgan fingerprint density at radius 2 is 1.86 bits per heavy atom. The second-order valence-electron chi connectivity index (χ2n) is 3.67. The third-order valence-electron chi connectivity index (χ3n) is 1.86. The topological polar surface area (TPSA) is 49.4 Å². The quantitative estimate of drug-likeness (QED) is 0.665. The first-order valence-corrected chi connectivity index (χ1v) is 4.54. The van der Waals surface area contributed by atoms with Crippen LogP contribution in [0.2, 0.25) is 0 Å². The van der Waals surface area contributed by atoms with Crippen LogP contribution in [-0.2, 0) is 9.59 Å². The maximum Gasteiger partial charge on any atom is 0.244 e. The second-order valence-corrected chi connectivity index (χ2v) is 3.67.